The van der Waals surface area contributed by atoms with Crippen LogP contribution in [0.25, 0.3) is 0 Å². The van der Waals surface area contributed by atoms with E-state index in [1.807, 2.05) is 18.0 Å². The van der Waals surface area contributed by atoms with Crippen molar-refractivity contribution >= 4 is 23.6 Å². The van der Waals surface area contributed by atoms with Gasteiger partial charge in [0.15, 0.2) is 0 Å². The molecule has 0 bridgehead atoms. The Morgan fingerprint density at radius 1 is 1.19 bits per heavy atom. The van der Waals surface area contributed by atoms with Gasteiger partial charge in [-0.1, -0.05) is 18.7 Å². The monoisotopic (exact) mass is 367 g/mol. The fourth-order valence-electron chi connectivity index (χ4n) is 3.80. The molecule has 2 fully saturated rings. The first-order chi connectivity index (χ1) is 12.9. The van der Waals surface area contributed by atoms with Crippen LogP contribution in [0.3, 0.4) is 0 Å². The third-order valence-electron chi connectivity index (χ3n) is 5.50. The summed E-state index contributed by atoms with van der Waals surface area (Å²) in [5, 5.41) is 2.21. The third kappa shape index (κ3) is 2.93. The highest BCUT2D eigenvalue weighted by Crippen LogP contribution is 2.38. The minimum Gasteiger partial charge on any atom is -0.374 e. The van der Waals surface area contributed by atoms with Gasteiger partial charge in [0.05, 0.1) is 11.1 Å². The molecule has 2 heterocycles. The number of amides is 4. The van der Waals surface area contributed by atoms with Gasteiger partial charge in [0.2, 0.25) is 11.8 Å². The highest BCUT2D eigenvalue weighted by molar-refractivity contribution is 6.24. The summed E-state index contributed by atoms with van der Waals surface area (Å²) in [6.45, 7) is 4.60. The molecule has 4 amide bonds. The van der Waals surface area contributed by atoms with Crippen LogP contribution in [0.15, 0.2) is 30.5 Å². The molecule has 1 aromatic rings. The molecule has 1 saturated heterocycles. The van der Waals surface area contributed by atoms with Crippen LogP contribution in [0.4, 0.5) is 0 Å². The Labute approximate surface area is 157 Å². The zero-order valence-corrected chi connectivity index (χ0v) is 15.2. The molecule has 0 spiro atoms. The molecule has 1 atom stereocenters. The lowest BCUT2D eigenvalue weighted by Gasteiger charge is -2.28. The number of nitrogens with one attached hydrogen (secondary N) is 1. The first-order valence-electron chi connectivity index (χ1n) is 9.12. The second kappa shape index (κ2) is 6.33. The quantitative estimate of drug-likeness (QED) is 0.796. The topological polar surface area (TPSA) is 86.8 Å². The summed E-state index contributed by atoms with van der Waals surface area (Å²) in [5.41, 5.74) is 2.44. The van der Waals surface area contributed by atoms with E-state index < -0.39 is 23.8 Å². The normalized spacial score (nSPS) is 22.0. The van der Waals surface area contributed by atoms with Gasteiger partial charge in [0.25, 0.3) is 11.8 Å². The predicted molar refractivity (Wildman–Crippen MR) is 96.4 cm³/mol. The zero-order valence-electron chi connectivity index (χ0n) is 15.2. The van der Waals surface area contributed by atoms with E-state index in [1.54, 1.807) is 12.1 Å². The minimum absolute atomic E-state index is 0.112. The van der Waals surface area contributed by atoms with Crippen LogP contribution in [0.2, 0.25) is 0 Å². The van der Waals surface area contributed by atoms with Crippen LogP contribution in [0.1, 0.15) is 52.0 Å². The zero-order chi connectivity index (χ0) is 19.3. The molecule has 4 rings (SSSR count). The summed E-state index contributed by atoms with van der Waals surface area (Å²) in [5.74, 6) is -1.42. The van der Waals surface area contributed by atoms with Crippen molar-refractivity contribution in [3.8, 4) is 0 Å². The Morgan fingerprint density at radius 2 is 1.93 bits per heavy atom. The Kier molecular flexibility index (Phi) is 4.09. The van der Waals surface area contributed by atoms with Gasteiger partial charge in [-0.3, -0.25) is 29.4 Å². The van der Waals surface area contributed by atoms with E-state index in [0.29, 0.717) is 23.6 Å². The van der Waals surface area contributed by atoms with Crippen molar-refractivity contribution in [3.05, 3.63) is 47.2 Å². The average molecular weight is 367 g/mol. The van der Waals surface area contributed by atoms with E-state index in [0.717, 1.165) is 29.0 Å². The van der Waals surface area contributed by atoms with E-state index in [2.05, 4.69) is 11.9 Å². The van der Waals surface area contributed by atoms with Crippen molar-refractivity contribution in [2.75, 3.05) is 7.05 Å². The molecule has 1 unspecified atom stereocenters. The van der Waals surface area contributed by atoms with Gasteiger partial charge in [-0.2, -0.15) is 0 Å². The maximum absolute atomic E-state index is 13.1. The number of nitrogens with zero attached hydrogens (tertiary/aromatic N) is 2. The van der Waals surface area contributed by atoms with Crippen LogP contribution >= 0.6 is 0 Å². The van der Waals surface area contributed by atoms with E-state index in [-0.39, 0.29) is 18.7 Å². The molecule has 3 aliphatic rings. The molecule has 1 N–H and O–H groups in total. The van der Waals surface area contributed by atoms with Crippen LogP contribution < -0.4 is 5.32 Å². The Bertz CT molecular complexity index is 887. The lowest BCUT2D eigenvalue weighted by atomic mass is 10.0. The highest BCUT2D eigenvalue weighted by Gasteiger charge is 2.45. The van der Waals surface area contributed by atoms with Gasteiger partial charge in [-0.15, -0.1) is 0 Å². The lowest BCUT2D eigenvalue weighted by Crippen LogP contribution is -2.54. The second-order valence-corrected chi connectivity index (χ2v) is 7.41. The maximum Gasteiger partial charge on any atom is 0.262 e. The van der Waals surface area contributed by atoms with E-state index >= 15 is 0 Å². The summed E-state index contributed by atoms with van der Waals surface area (Å²) in [7, 11) is 1.93. The number of fused-ring (bicyclic) bond motifs is 1. The second-order valence-electron chi connectivity index (χ2n) is 7.41. The molecule has 1 saturated carbocycles. The molecular formula is C20H21N3O4. The lowest BCUT2D eigenvalue weighted by molar-refractivity contribution is -0.136. The highest BCUT2D eigenvalue weighted by atomic mass is 16.2. The summed E-state index contributed by atoms with van der Waals surface area (Å²) in [4.78, 5) is 52.5. The maximum atomic E-state index is 13.1. The Morgan fingerprint density at radius 3 is 2.59 bits per heavy atom. The number of rotatable bonds is 5. The third-order valence-corrected chi connectivity index (χ3v) is 5.50. The Balaban J connectivity index is 1.62. The van der Waals surface area contributed by atoms with Gasteiger partial charge in [0, 0.05) is 25.7 Å². The number of hydrogen-bond acceptors (Lipinski definition) is 5. The van der Waals surface area contributed by atoms with Gasteiger partial charge < -0.3 is 4.90 Å². The summed E-state index contributed by atoms with van der Waals surface area (Å²) >= 11 is 0. The van der Waals surface area contributed by atoms with Crippen molar-refractivity contribution in [1.29, 1.82) is 0 Å². The number of hydrogen-bond donors (Lipinski definition) is 1. The number of carbonyl (C=O) groups is 4. The number of piperidine rings is 1. The van der Waals surface area contributed by atoms with Crippen molar-refractivity contribution in [2.45, 2.75) is 38.3 Å². The fraction of sp³-hybridized carbons (Fsp3) is 0.400. The van der Waals surface area contributed by atoms with Crippen molar-refractivity contribution in [2.24, 2.45) is 5.92 Å². The van der Waals surface area contributed by atoms with Gasteiger partial charge in [0.1, 0.15) is 6.04 Å². The van der Waals surface area contributed by atoms with E-state index in [4.69, 9.17) is 0 Å². The summed E-state index contributed by atoms with van der Waals surface area (Å²) < 4.78 is 0. The summed E-state index contributed by atoms with van der Waals surface area (Å²) in [6.07, 6.45) is 2.54. The van der Waals surface area contributed by atoms with Gasteiger partial charge >= 0.3 is 0 Å². The number of benzene rings is 1. The van der Waals surface area contributed by atoms with Crippen LogP contribution in [-0.4, -0.2) is 46.5 Å². The molecule has 7 nitrogen and oxygen atoms in total. The number of allylic oxidation sites excluding steroid dienone is 1. The molecular weight excluding hydrogens is 346 g/mol. The fourth-order valence-corrected chi connectivity index (χ4v) is 3.80. The number of imide groups is 2. The number of carbonyl (C=O) groups excluding carboxylic acids is 4. The SMILES string of the molecule is C=C(C1CC1)N(C)Cc1cccc2c1C(=O)N(C1CCC(=O)NC1=O)C2=O. The molecule has 27 heavy (non-hydrogen) atoms. The smallest absolute Gasteiger partial charge is 0.262 e. The van der Waals surface area contributed by atoms with Gasteiger partial charge in [-0.25, -0.2) is 0 Å². The minimum atomic E-state index is -0.942. The average Bonchev–Trinajstić information content (AvgIpc) is 3.44. The largest absolute Gasteiger partial charge is 0.374 e. The molecule has 140 valence electrons. The molecule has 7 heteroatoms. The molecule has 1 aromatic carbocycles. The standard InChI is InChI=1S/C20H21N3O4/c1-11(12-6-7-12)22(2)10-13-4-3-5-14-17(13)20(27)23(19(14)26)15-8-9-16(24)21-18(15)25/h3-5,12,15H,1,6-10H2,2H3,(H,21,24,25). The molecule has 0 aromatic heterocycles. The summed E-state index contributed by atoms with van der Waals surface area (Å²) in [6, 6.07) is 4.25. The van der Waals surface area contributed by atoms with Crippen LogP contribution in [0.5, 0.6) is 0 Å². The van der Waals surface area contributed by atoms with Crippen LogP contribution in [-0.2, 0) is 16.1 Å². The van der Waals surface area contributed by atoms with Crippen molar-refractivity contribution in [1.82, 2.24) is 15.1 Å². The van der Waals surface area contributed by atoms with Crippen molar-refractivity contribution in [3.63, 3.8) is 0 Å². The van der Waals surface area contributed by atoms with Crippen molar-refractivity contribution < 1.29 is 19.2 Å². The molecule has 0 radical (unpaired) electrons. The Hall–Kier alpha value is -2.96. The van der Waals surface area contributed by atoms with Crippen LogP contribution in [0, 0.1) is 5.92 Å². The molecule has 2 aliphatic heterocycles. The van der Waals surface area contributed by atoms with E-state index in [1.165, 1.54) is 0 Å². The van der Waals surface area contributed by atoms with Gasteiger partial charge in [-0.05, 0) is 36.8 Å². The predicted octanol–water partition coefficient (Wildman–Crippen LogP) is 1.44. The first-order valence-corrected chi connectivity index (χ1v) is 9.12. The molecule has 1 aliphatic carbocycles. The van der Waals surface area contributed by atoms with E-state index in [9.17, 15) is 19.2 Å². The first kappa shape index (κ1) is 17.5.